The van der Waals surface area contributed by atoms with Crippen LogP contribution in [0.25, 0.3) is 10.9 Å². The molecular formula is C16H21ClN2. The van der Waals surface area contributed by atoms with Crippen LogP contribution in [0.3, 0.4) is 0 Å². The van der Waals surface area contributed by atoms with Crippen LogP contribution in [-0.4, -0.2) is 11.0 Å². The van der Waals surface area contributed by atoms with Gasteiger partial charge in [-0.05, 0) is 37.6 Å². The van der Waals surface area contributed by atoms with E-state index >= 15 is 0 Å². The summed E-state index contributed by atoms with van der Waals surface area (Å²) in [5.41, 5.74) is 1.99. The number of nitrogens with one attached hydrogen (secondary N) is 1. The average Bonchev–Trinajstić information content (AvgIpc) is 2.43. The first-order valence-electron chi connectivity index (χ1n) is 7.02. The first-order chi connectivity index (χ1) is 9.22. The molecule has 1 heterocycles. The zero-order valence-corrected chi connectivity index (χ0v) is 12.4. The summed E-state index contributed by atoms with van der Waals surface area (Å²) in [5.74, 6) is 0. The quantitative estimate of drug-likeness (QED) is 0.727. The molecule has 0 saturated heterocycles. The molecule has 3 heteroatoms. The van der Waals surface area contributed by atoms with Gasteiger partial charge < -0.3 is 5.32 Å². The van der Waals surface area contributed by atoms with E-state index in [1.165, 1.54) is 25.7 Å². The van der Waals surface area contributed by atoms with Gasteiger partial charge in [0.2, 0.25) is 0 Å². The number of rotatable bonds is 6. The van der Waals surface area contributed by atoms with Gasteiger partial charge in [0.25, 0.3) is 0 Å². The fraction of sp³-hybridized carbons (Fsp3) is 0.438. The van der Waals surface area contributed by atoms with E-state index in [0.717, 1.165) is 16.6 Å². The minimum Gasteiger partial charge on any atom is -0.382 e. The Kier molecular flexibility index (Phi) is 5.03. The Labute approximate surface area is 120 Å². The van der Waals surface area contributed by atoms with Gasteiger partial charge in [-0.2, -0.15) is 0 Å². The van der Waals surface area contributed by atoms with Gasteiger partial charge in [-0.1, -0.05) is 37.8 Å². The molecule has 102 valence electrons. The monoisotopic (exact) mass is 276 g/mol. The third kappa shape index (κ3) is 3.60. The largest absolute Gasteiger partial charge is 0.382 e. The van der Waals surface area contributed by atoms with E-state index in [4.69, 9.17) is 11.6 Å². The van der Waals surface area contributed by atoms with Gasteiger partial charge in [-0.25, -0.2) is 0 Å². The highest BCUT2D eigenvalue weighted by molar-refractivity contribution is 6.35. The number of hydrogen-bond donors (Lipinski definition) is 1. The van der Waals surface area contributed by atoms with E-state index in [0.29, 0.717) is 11.1 Å². The lowest BCUT2D eigenvalue weighted by Crippen LogP contribution is -2.15. The van der Waals surface area contributed by atoms with E-state index < -0.39 is 0 Å². The highest BCUT2D eigenvalue weighted by atomic mass is 35.5. The Hall–Kier alpha value is -1.28. The van der Waals surface area contributed by atoms with Crippen molar-refractivity contribution in [1.82, 2.24) is 4.98 Å². The van der Waals surface area contributed by atoms with Crippen molar-refractivity contribution < 1.29 is 0 Å². The Morgan fingerprint density at radius 3 is 2.89 bits per heavy atom. The maximum Gasteiger partial charge on any atom is 0.0908 e. The van der Waals surface area contributed by atoms with Crippen molar-refractivity contribution in [1.29, 1.82) is 0 Å². The number of aromatic nitrogens is 1. The molecule has 0 fully saturated rings. The molecule has 2 aromatic rings. The van der Waals surface area contributed by atoms with E-state index in [2.05, 4.69) is 30.2 Å². The van der Waals surface area contributed by atoms with Crippen LogP contribution in [0.5, 0.6) is 0 Å². The molecule has 0 aliphatic heterocycles. The highest BCUT2D eigenvalue weighted by Gasteiger charge is 2.08. The van der Waals surface area contributed by atoms with Gasteiger partial charge in [-0.3, -0.25) is 4.98 Å². The molecule has 1 N–H and O–H groups in total. The zero-order valence-electron chi connectivity index (χ0n) is 11.6. The molecule has 1 aromatic carbocycles. The standard InChI is InChI=1S/C16H21ClN2/c1-3-4-5-7-12(2)19-15-10-9-14(17)16-13(15)8-6-11-18-16/h6,8-12,19H,3-5,7H2,1-2H3. The maximum atomic E-state index is 6.18. The van der Waals surface area contributed by atoms with Gasteiger partial charge in [0.15, 0.2) is 0 Å². The minimum absolute atomic E-state index is 0.469. The van der Waals surface area contributed by atoms with Crippen LogP contribution in [0.4, 0.5) is 5.69 Å². The maximum absolute atomic E-state index is 6.18. The first-order valence-corrected chi connectivity index (χ1v) is 7.40. The number of unbranched alkanes of at least 4 members (excludes halogenated alkanes) is 2. The average molecular weight is 277 g/mol. The Morgan fingerprint density at radius 2 is 2.11 bits per heavy atom. The van der Waals surface area contributed by atoms with Crippen molar-refractivity contribution in [3.63, 3.8) is 0 Å². The molecule has 0 amide bonds. The van der Waals surface area contributed by atoms with Gasteiger partial charge in [0.1, 0.15) is 0 Å². The summed E-state index contributed by atoms with van der Waals surface area (Å²) in [5, 5.41) is 5.38. The zero-order chi connectivity index (χ0) is 13.7. The first kappa shape index (κ1) is 14.1. The van der Waals surface area contributed by atoms with Crippen LogP contribution in [0.2, 0.25) is 5.02 Å². The van der Waals surface area contributed by atoms with Crippen molar-refractivity contribution in [2.45, 2.75) is 45.6 Å². The van der Waals surface area contributed by atoms with E-state index in [9.17, 15) is 0 Å². The molecule has 2 nitrogen and oxygen atoms in total. The van der Waals surface area contributed by atoms with Crippen LogP contribution in [-0.2, 0) is 0 Å². The lowest BCUT2D eigenvalue weighted by molar-refractivity contribution is 0.615. The van der Waals surface area contributed by atoms with Crippen LogP contribution in [0.1, 0.15) is 39.5 Å². The summed E-state index contributed by atoms with van der Waals surface area (Å²) >= 11 is 6.18. The minimum atomic E-state index is 0.469. The Bertz CT molecular complexity index is 539. The highest BCUT2D eigenvalue weighted by Crippen LogP contribution is 2.28. The second kappa shape index (κ2) is 6.76. The fourth-order valence-corrected chi connectivity index (χ4v) is 2.52. The van der Waals surface area contributed by atoms with Crippen molar-refractivity contribution in [3.8, 4) is 0 Å². The Balaban J connectivity index is 2.14. The topological polar surface area (TPSA) is 24.9 Å². The fourth-order valence-electron chi connectivity index (χ4n) is 2.30. The number of benzene rings is 1. The number of pyridine rings is 1. The molecule has 19 heavy (non-hydrogen) atoms. The molecule has 1 unspecified atom stereocenters. The molecule has 0 bridgehead atoms. The van der Waals surface area contributed by atoms with Crippen molar-refractivity contribution in [2.24, 2.45) is 0 Å². The SMILES string of the molecule is CCCCCC(C)Nc1ccc(Cl)c2ncccc12. The molecule has 0 spiro atoms. The number of anilines is 1. The molecule has 2 rings (SSSR count). The predicted octanol–water partition coefficient (Wildman–Crippen LogP) is 5.27. The van der Waals surface area contributed by atoms with E-state index in [1.54, 1.807) is 6.20 Å². The normalized spacial score (nSPS) is 12.6. The summed E-state index contributed by atoms with van der Waals surface area (Å²) in [4.78, 5) is 4.35. The summed E-state index contributed by atoms with van der Waals surface area (Å²) in [7, 11) is 0. The third-order valence-electron chi connectivity index (χ3n) is 3.36. The van der Waals surface area contributed by atoms with E-state index in [-0.39, 0.29) is 0 Å². The number of halogens is 1. The number of hydrogen-bond acceptors (Lipinski definition) is 2. The molecule has 1 atom stereocenters. The summed E-state index contributed by atoms with van der Waals surface area (Å²) in [6, 6.07) is 8.44. The molecule has 0 aliphatic carbocycles. The lowest BCUT2D eigenvalue weighted by Gasteiger charge is -2.17. The molecule has 0 saturated carbocycles. The second-order valence-electron chi connectivity index (χ2n) is 5.04. The molecule has 0 aliphatic rings. The molecular weight excluding hydrogens is 256 g/mol. The number of nitrogens with zero attached hydrogens (tertiary/aromatic N) is 1. The van der Waals surface area contributed by atoms with Gasteiger partial charge in [0.05, 0.1) is 10.5 Å². The third-order valence-corrected chi connectivity index (χ3v) is 3.67. The summed E-state index contributed by atoms with van der Waals surface area (Å²) in [6.45, 7) is 4.46. The number of fused-ring (bicyclic) bond motifs is 1. The van der Waals surface area contributed by atoms with Crippen molar-refractivity contribution >= 4 is 28.2 Å². The smallest absolute Gasteiger partial charge is 0.0908 e. The second-order valence-corrected chi connectivity index (χ2v) is 5.44. The van der Waals surface area contributed by atoms with Crippen LogP contribution >= 0.6 is 11.6 Å². The van der Waals surface area contributed by atoms with Crippen LogP contribution in [0.15, 0.2) is 30.5 Å². The summed E-state index contributed by atoms with van der Waals surface area (Å²) in [6.07, 6.45) is 6.81. The molecule has 1 aromatic heterocycles. The summed E-state index contributed by atoms with van der Waals surface area (Å²) < 4.78 is 0. The van der Waals surface area contributed by atoms with Gasteiger partial charge in [-0.15, -0.1) is 0 Å². The van der Waals surface area contributed by atoms with Crippen LogP contribution in [0, 0.1) is 0 Å². The van der Waals surface area contributed by atoms with Crippen molar-refractivity contribution in [3.05, 3.63) is 35.5 Å². The predicted molar refractivity (Wildman–Crippen MR) is 84.0 cm³/mol. The van der Waals surface area contributed by atoms with Crippen molar-refractivity contribution in [2.75, 3.05) is 5.32 Å². The van der Waals surface area contributed by atoms with Gasteiger partial charge >= 0.3 is 0 Å². The van der Waals surface area contributed by atoms with Crippen LogP contribution < -0.4 is 5.32 Å². The Morgan fingerprint density at radius 1 is 1.26 bits per heavy atom. The molecule has 0 radical (unpaired) electrons. The van der Waals surface area contributed by atoms with E-state index in [1.807, 2.05) is 18.2 Å². The lowest BCUT2D eigenvalue weighted by atomic mass is 10.1. The van der Waals surface area contributed by atoms with Gasteiger partial charge in [0, 0.05) is 23.3 Å².